The molecular weight excluding hydrogens is 675 g/mol. The predicted octanol–water partition coefficient (Wildman–Crippen LogP) is 6.52. The summed E-state index contributed by atoms with van der Waals surface area (Å²) in [5, 5.41) is 14.2. The van der Waals surface area contributed by atoms with Crippen LogP contribution in [0.25, 0.3) is 10.8 Å². The first-order valence-electron chi connectivity index (χ1n) is 16.4. The van der Waals surface area contributed by atoms with Gasteiger partial charge in [-0.05, 0) is 113 Å². The van der Waals surface area contributed by atoms with Crippen LogP contribution in [0.3, 0.4) is 0 Å². The lowest BCUT2D eigenvalue weighted by molar-refractivity contribution is -0.138. The van der Waals surface area contributed by atoms with Crippen LogP contribution in [-0.2, 0) is 37.3 Å². The number of carbonyl (C=O) groups is 3. The Kier molecular flexibility index (Phi) is 12.1. The van der Waals surface area contributed by atoms with Gasteiger partial charge in [0.1, 0.15) is 11.2 Å². The quantitative estimate of drug-likeness (QED) is 0.117. The molecule has 0 bridgehead atoms. The first-order chi connectivity index (χ1) is 23.9. The first-order valence-corrected chi connectivity index (χ1v) is 17.9. The zero-order valence-electron chi connectivity index (χ0n) is 29.6. The molecular formula is C37H45N5O8S. The molecule has 4 aromatic rings. The van der Waals surface area contributed by atoms with E-state index in [1.54, 1.807) is 96.1 Å². The second kappa shape index (κ2) is 15.9. The Morgan fingerprint density at radius 3 is 2.12 bits per heavy atom. The standard InChI is InChI=1S/C37H45N5O8S/c1-36(2,3)49-34(45)42(35(46)50-37(4,5)6)32-30-17-16-28(22-27(30)18-20-39-32)41-31(33(43)44)26-14-12-24(13-15-26)10-8-19-40-51(47,48)29-11-7-9-25(21-29)23-38/h7,9,11-18,20-22,31,40-41H,8,10,19,23,38H2,1-6H3,(H,43,44). The van der Waals surface area contributed by atoms with Crippen LogP contribution in [0.2, 0.25) is 0 Å². The van der Waals surface area contributed by atoms with Crippen LogP contribution in [0.15, 0.2) is 83.9 Å². The number of aromatic nitrogens is 1. The molecule has 1 atom stereocenters. The van der Waals surface area contributed by atoms with Gasteiger partial charge < -0.3 is 25.6 Å². The number of nitrogens with one attached hydrogen (secondary N) is 2. The van der Waals surface area contributed by atoms with Crippen molar-refractivity contribution in [3.8, 4) is 0 Å². The summed E-state index contributed by atoms with van der Waals surface area (Å²) in [6.07, 6.45) is 0.622. The van der Waals surface area contributed by atoms with Crippen molar-refractivity contribution in [3.05, 3.63) is 95.7 Å². The Hall–Kier alpha value is -5.05. The summed E-state index contributed by atoms with van der Waals surface area (Å²) in [4.78, 5) is 44.1. The molecule has 0 aliphatic rings. The van der Waals surface area contributed by atoms with Crippen LogP contribution in [0.1, 0.15) is 70.7 Å². The third kappa shape index (κ3) is 10.7. The van der Waals surface area contributed by atoms with Gasteiger partial charge in [-0.15, -0.1) is 0 Å². The molecule has 0 fully saturated rings. The van der Waals surface area contributed by atoms with Gasteiger partial charge in [0.05, 0.1) is 4.90 Å². The Labute approximate surface area is 298 Å². The summed E-state index contributed by atoms with van der Waals surface area (Å²) in [5.74, 6) is -1.10. The van der Waals surface area contributed by atoms with Crippen LogP contribution < -0.4 is 20.7 Å². The second-order valence-corrected chi connectivity index (χ2v) is 15.6. The van der Waals surface area contributed by atoms with Crippen molar-refractivity contribution in [1.29, 1.82) is 0 Å². The van der Waals surface area contributed by atoms with Gasteiger partial charge in [0.2, 0.25) is 10.0 Å². The van der Waals surface area contributed by atoms with E-state index >= 15 is 0 Å². The van der Waals surface area contributed by atoms with Crippen molar-refractivity contribution in [1.82, 2.24) is 9.71 Å². The van der Waals surface area contributed by atoms with Crippen LogP contribution in [0.4, 0.5) is 21.1 Å². The fourth-order valence-corrected chi connectivity index (χ4v) is 6.19. The molecule has 4 rings (SSSR count). The smallest absolute Gasteiger partial charge is 0.425 e. The number of carboxylic acid groups (broad SMARTS) is 1. The van der Waals surface area contributed by atoms with E-state index in [0.29, 0.717) is 34.9 Å². The number of aryl methyl sites for hydroxylation is 1. The lowest BCUT2D eigenvalue weighted by Gasteiger charge is -2.28. The summed E-state index contributed by atoms with van der Waals surface area (Å²) < 4.78 is 38.9. The molecule has 1 unspecified atom stereocenters. The first kappa shape index (κ1) is 38.7. The van der Waals surface area contributed by atoms with Crippen molar-refractivity contribution in [3.63, 3.8) is 0 Å². The second-order valence-electron chi connectivity index (χ2n) is 13.9. The molecule has 1 heterocycles. The number of pyridine rings is 1. The number of sulfonamides is 1. The molecule has 5 N–H and O–H groups in total. The number of nitrogens with zero attached hydrogens (tertiary/aromatic N) is 2. The third-order valence-electron chi connectivity index (χ3n) is 7.36. The molecule has 0 saturated carbocycles. The normalized spacial score (nSPS) is 12.6. The number of carbonyl (C=O) groups excluding carboxylic acids is 2. The Morgan fingerprint density at radius 2 is 1.53 bits per heavy atom. The van der Waals surface area contributed by atoms with Crippen molar-refractivity contribution in [2.45, 2.75) is 83.1 Å². The molecule has 0 aliphatic heterocycles. The van der Waals surface area contributed by atoms with E-state index in [9.17, 15) is 27.9 Å². The lowest BCUT2D eigenvalue weighted by atomic mass is 10.0. The number of anilines is 2. The minimum absolute atomic E-state index is 0.00141. The van der Waals surface area contributed by atoms with Gasteiger partial charge in [-0.25, -0.2) is 32.5 Å². The van der Waals surface area contributed by atoms with Gasteiger partial charge in [0, 0.05) is 30.4 Å². The molecule has 2 amide bonds. The van der Waals surface area contributed by atoms with E-state index in [2.05, 4.69) is 15.0 Å². The molecule has 13 nitrogen and oxygen atoms in total. The van der Waals surface area contributed by atoms with Gasteiger partial charge in [-0.1, -0.05) is 36.4 Å². The fourth-order valence-electron chi connectivity index (χ4n) is 5.05. The zero-order chi connectivity index (χ0) is 37.6. The maximum atomic E-state index is 13.2. The average molecular weight is 720 g/mol. The monoisotopic (exact) mass is 719 g/mol. The van der Waals surface area contributed by atoms with Gasteiger partial charge in [0.25, 0.3) is 0 Å². The van der Waals surface area contributed by atoms with Crippen LogP contribution >= 0.6 is 0 Å². The van der Waals surface area contributed by atoms with Crippen molar-refractivity contribution in [2.75, 3.05) is 16.8 Å². The third-order valence-corrected chi connectivity index (χ3v) is 8.82. The number of aliphatic carboxylic acids is 1. The fraction of sp³-hybridized carbons (Fsp3) is 0.351. The molecule has 3 aromatic carbocycles. The predicted molar refractivity (Wildman–Crippen MR) is 195 cm³/mol. The topological polar surface area (TPSA) is 190 Å². The molecule has 0 saturated heterocycles. The highest BCUT2D eigenvalue weighted by atomic mass is 32.2. The average Bonchev–Trinajstić information content (AvgIpc) is 3.04. The molecule has 0 radical (unpaired) electrons. The van der Waals surface area contributed by atoms with E-state index in [-0.39, 0.29) is 23.8 Å². The SMILES string of the molecule is CC(C)(C)OC(=O)N(C(=O)OC(C)(C)C)c1nccc2cc(NC(C(=O)O)c3ccc(CCCNS(=O)(=O)c4cccc(CN)c4)cc3)ccc12. The highest BCUT2D eigenvalue weighted by Crippen LogP contribution is 2.31. The van der Waals surface area contributed by atoms with Gasteiger partial charge >= 0.3 is 18.2 Å². The number of ether oxygens (including phenoxy) is 2. The minimum atomic E-state index is -3.67. The van der Waals surface area contributed by atoms with Crippen molar-refractivity contribution in [2.24, 2.45) is 5.73 Å². The number of amides is 2. The number of hydrogen-bond acceptors (Lipinski definition) is 10. The summed E-state index contributed by atoms with van der Waals surface area (Å²) >= 11 is 0. The minimum Gasteiger partial charge on any atom is -0.479 e. The van der Waals surface area contributed by atoms with Crippen LogP contribution in [0.5, 0.6) is 0 Å². The molecule has 51 heavy (non-hydrogen) atoms. The number of hydrogen-bond donors (Lipinski definition) is 4. The summed E-state index contributed by atoms with van der Waals surface area (Å²) in [6, 6.07) is 19.1. The Morgan fingerprint density at radius 1 is 0.882 bits per heavy atom. The zero-order valence-corrected chi connectivity index (χ0v) is 30.4. The Bertz CT molecular complexity index is 1960. The van der Waals surface area contributed by atoms with E-state index < -0.39 is 45.4 Å². The number of benzene rings is 3. The van der Waals surface area contributed by atoms with Gasteiger partial charge in [-0.2, -0.15) is 4.90 Å². The highest BCUT2D eigenvalue weighted by Gasteiger charge is 2.34. The summed E-state index contributed by atoms with van der Waals surface area (Å²) in [5.41, 5.74) is 6.44. The van der Waals surface area contributed by atoms with Crippen LogP contribution in [0, 0.1) is 0 Å². The van der Waals surface area contributed by atoms with Crippen molar-refractivity contribution >= 4 is 50.5 Å². The molecule has 14 heteroatoms. The maximum absolute atomic E-state index is 13.2. The largest absolute Gasteiger partial charge is 0.479 e. The molecule has 0 spiro atoms. The van der Waals surface area contributed by atoms with Gasteiger partial charge in [0.15, 0.2) is 11.9 Å². The van der Waals surface area contributed by atoms with Crippen LogP contribution in [-0.4, -0.2) is 54.4 Å². The lowest BCUT2D eigenvalue weighted by Crippen LogP contribution is -2.44. The molecule has 272 valence electrons. The molecule has 0 aliphatic carbocycles. The number of imide groups is 1. The number of carboxylic acids is 1. The highest BCUT2D eigenvalue weighted by molar-refractivity contribution is 7.89. The Balaban J connectivity index is 1.48. The number of fused-ring (bicyclic) bond motifs is 1. The summed E-state index contributed by atoms with van der Waals surface area (Å²) in [6.45, 7) is 10.5. The van der Waals surface area contributed by atoms with Crippen molar-refractivity contribution < 1.29 is 37.4 Å². The van der Waals surface area contributed by atoms with Gasteiger partial charge in [-0.3, -0.25) is 0 Å². The number of rotatable bonds is 12. The van der Waals surface area contributed by atoms with E-state index in [1.807, 2.05) is 12.1 Å². The summed E-state index contributed by atoms with van der Waals surface area (Å²) in [7, 11) is -3.67. The number of nitrogens with two attached hydrogens (primary N) is 1. The molecule has 1 aromatic heterocycles. The van der Waals surface area contributed by atoms with E-state index in [1.165, 1.54) is 12.3 Å². The van der Waals surface area contributed by atoms with E-state index in [0.717, 1.165) is 16.0 Å². The maximum Gasteiger partial charge on any atom is 0.425 e. The van der Waals surface area contributed by atoms with E-state index in [4.69, 9.17) is 15.2 Å².